The Morgan fingerprint density at radius 2 is 1.42 bits per heavy atom. The van der Waals surface area contributed by atoms with E-state index in [-0.39, 0.29) is 41.1 Å². The van der Waals surface area contributed by atoms with E-state index in [1.807, 2.05) is 11.4 Å². The van der Waals surface area contributed by atoms with Crippen LogP contribution in [0.2, 0.25) is 0 Å². The van der Waals surface area contributed by atoms with E-state index in [1.165, 1.54) is 4.90 Å². The van der Waals surface area contributed by atoms with Gasteiger partial charge in [-0.1, -0.05) is 60.3 Å². The van der Waals surface area contributed by atoms with Gasteiger partial charge in [-0.3, -0.25) is 0 Å². The van der Waals surface area contributed by atoms with Crippen LogP contribution in [0.5, 0.6) is 5.75 Å². The van der Waals surface area contributed by atoms with E-state index in [0.717, 1.165) is 17.1 Å². The van der Waals surface area contributed by atoms with Gasteiger partial charge in [0.1, 0.15) is 0 Å². The van der Waals surface area contributed by atoms with Crippen molar-refractivity contribution >= 4 is 26.7 Å². The van der Waals surface area contributed by atoms with E-state index in [4.69, 9.17) is 4.52 Å². The molecule has 0 radical (unpaired) electrons. The third-order valence-electron chi connectivity index (χ3n) is 3.18. The second-order valence-electron chi connectivity index (χ2n) is 6.66. The van der Waals surface area contributed by atoms with Crippen LogP contribution in [0.25, 0.3) is 0 Å². The van der Waals surface area contributed by atoms with Gasteiger partial charge in [-0.05, 0) is 18.4 Å². The van der Waals surface area contributed by atoms with Crippen molar-refractivity contribution in [3.05, 3.63) is 24.3 Å². The number of benzene rings is 1. The van der Waals surface area contributed by atoms with Crippen molar-refractivity contribution in [2.24, 2.45) is 0 Å². The second-order valence-corrected chi connectivity index (χ2v) is 14.8. The van der Waals surface area contributed by atoms with Crippen molar-refractivity contribution in [3.8, 4) is 5.75 Å². The fraction of sp³-hybridized carbons (Fsp3) is 0.667. The Kier molecular flexibility index (Phi) is 15.2. The summed E-state index contributed by atoms with van der Waals surface area (Å²) in [4.78, 5) is 1.23. The van der Waals surface area contributed by atoms with Crippen LogP contribution >= 0.6 is 26.7 Å². The van der Waals surface area contributed by atoms with Gasteiger partial charge in [0, 0.05) is 17.1 Å². The summed E-state index contributed by atoms with van der Waals surface area (Å²) in [5.74, 6) is 0.918. The zero-order valence-corrected chi connectivity index (χ0v) is 21.7. The standard InChI is InChI=1S/C18H31OP2S.ClH.Ir.H/c1-13(2)20(14(3)4)19-17-10-9-11-18(12-17)22-21(15(5)6)16(7)8;;;/h9-11,13-16H,1-8H3;1H;;/q-1;;+3;-1/p-1. The van der Waals surface area contributed by atoms with Crippen LogP contribution < -0.4 is 16.9 Å². The molecule has 0 aromatic heterocycles. The summed E-state index contributed by atoms with van der Waals surface area (Å²) < 4.78 is 6.28. The zero-order chi connectivity index (χ0) is 16.9. The summed E-state index contributed by atoms with van der Waals surface area (Å²) >= 11 is 2.00. The Bertz CT molecular complexity index is 411. The molecule has 6 heteroatoms. The minimum atomic E-state index is -0.448. The molecule has 0 amide bonds. The predicted molar refractivity (Wildman–Crippen MR) is 107 cm³/mol. The number of hydrogen-bond acceptors (Lipinski definition) is 2. The van der Waals surface area contributed by atoms with Crippen LogP contribution in [0.15, 0.2) is 23.1 Å². The van der Waals surface area contributed by atoms with Crippen LogP contribution in [-0.4, -0.2) is 22.6 Å². The van der Waals surface area contributed by atoms with Gasteiger partial charge in [0.15, 0.2) is 0 Å². The molecule has 0 bridgehead atoms. The normalized spacial score (nSPS) is 11.4. The van der Waals surface area contributed by atoms with E-state index in [2.05, 4.69) is 79.7 Å². The molecular formula is C18H32ClIrOP2S. The molecule has 0 unspecified atom stereocenters. The fourth-order valence-corrected chi connectivity index (χ4v) is 8.72. The first-order valence-corrected chi connectivity index (χ1v) is 12.5. The first-order chi connectivity index (χ1) is 10.2. The number of hydrogen-bond donors (Lipinski definition) is 0. The molecule has 24 heavy (non-hydrogen) atoms. The summed E-state index contributed by atoms with van der Waals surface area (Å²) in [6.45, 7) is 18.3. The molecule has 0 saturated heterocycles. The molecule has 0 aliphatic heterocycles. The van der Waals surface area contributed by atoms with E-state index in [9.17, 15) is 0 Å². The average molecular weight is 586 g/mol. The van der Waals surface area contributed by atoms with Crippen molar-refractivity contribution in [1.29, 1.82) is 0 Å². The third kappa shape index (κ3) is 9.21. The molecule has 0 aliphatic carbocycles. The van der Waals surface area contributed by atoms with Gasteiger partial charge in [0.2, 0.25) is 0 Å². The van der Waals surface area contributed by atoms with E-state index in [0.29, 0.717) is 11.3 Å². The van der Waals surface area contributed by atoms with Crippen molar-refractivity contribution in [2.45, 2.75) is 82.9 Å². The van der Waals surface area contributed by atoms with Gasteiger partial charge in [0.05, 0.1) is 8.15 Å². The average Bonchev–Trinajstić information content (AvgIpc) is 2.41. The summed E-state index contributed by atoms with van der Waals surface area (Å²) in [5, 5.41) is 0. The molecule has 0 N–H and O–H groups in total. The van der Waals surface area contributed by atoms with Gasteiger partial charge in [0.25, 0.3) is 0 Å². The molecule has 0 spiro atoms. The molecule has 142 valence electrons. The van der Waals surface area contributed by atoms with E-state index >= 15 is 0 Å². The zero-order valence-electron chi connectivity index (χ0n) is 17.0. The maximum atomic E-state index is 6.28. The van der Waals surface area contributed by atoms with Crippen molar-refractivity contribution < 1.29 is 38.5 Å². The molecule has 0 aliphatic rings. The first-order valence-electron chi connectivity index (χ1n) is 8.17. The maximum absolute atomic E-state index is 6.28. The van der Waals surface area contributed by atoms with Gasteiger partial charge in [-0.25, -0.2) is 0 Å². The van der Waals surface area contributed by atoms with Crippen LogP contribution in [0.4, 0.5) is 0 Å². The Morgan fingerprint density at radius 1 is 0.917 bits per heavy atom. The molecule has 0 saturated carbocycles. The Hall–Kier alpha value is 1.17. The SMILES string of the molecule is CC(C)P(Oc1[c-]c(SP(C(C)C)C(C)C)ccc1)C(C)C.[Cl-].[H-].[Ir+3]. The topological polar surface area (TPSA) is 9.23 Å². The monoisotopic (exact) mass is 586 g/mol. The first kappa shape index (κ1) is 27.4. The molecule has 1 rings (SSSR count). The summed E-state index contributed by atoms with van der Waals surface area (Å²) in [6.07, 6.45) is 0. The minimum absolute atomic E-state index is 0. The Morgan fingerprint density at radius 3 is 1.83 bits per heavy atom. The van der Waals surface area contributed by atoms with Gasteiger partial charge in [-0.2, -0.15) is 12.1 Å². The maximum Gasteiger partial charge on any atom is 3.00 e. The third-order valence-corrected chi connectivity index (χ3v) is 12.1. The second kappa shape index (κ2) is 13.4. The minimum Gasteiger partial charge on any atom is -1.00 e. The number of halogens is 1. The van der Waals surface area contributed by atoms with Crippen LogP contribution in [0, 0.1) is 6.07 Å². The van der Waals surface area contributed by atoms with Crippen LogP contribution in [0.3, 0.4) is 0 Å². The predicted octanol–water partition coefficient (Wildman–Crippen LogP) is 4.50. The summed E-state index contributed by atoms with van der Waals surface area (Å²) in [5.41, 5.74) is 2.59. The quantitative estimate of drug-likeness (QED) is 0.328. The molecule has 0 atom stereocenters. The van der Waals surface area contributed by atoms with Gasteiger partial charge < -0.3 is 18.4 Å². The number of rotatable bonds is 8. The molecule has 0 heterocycles. The van der Waals surface area contributed by atoms with Crippen molar-refractivity contribution in [2.75, 3.05) is 0 Å². The Labute approximate surface area is 177 Å². The fourth-order valence-electron chi connectivity index (χ4n) is 2.38. The van der Waals surface area contributed by atoms with Crippen LogP contribution in [-0.2, 0) is 20.1 Å². The molecule has 1 aromatic carbocycles. The molecule has 1 nitrogen and oxygen atoms in total. The largest absolute Gasteiger partial charge is 3.00 e. The van der Waals surface area contributed by atoms with Crippen LogP contribution in [0.1, 0.15) is 56.8 Å². The van der Waals surface area contributed by atoms with E-state index in [1.54, 1.807) is 0 Å². The smallest absolute Gasteiger partial charge is 1.00 e. The van der Waals surface area contributed by atoms with Crippen molar-refractivity contribution in [3.63, 3.8) is 0 Å². The van der Waals surface area contributed by atoms with Crippen molar-refractivity contribution in [1.82, 2.24) is 0 Å². The van der Waals surface area contributed by atoms with E-state index < -0.39 is 8.15 Å². The Balaban J connectivity index is -0.00000161. The molecule has 1 aromatic rings. The summed E-state index contributed by atoms with van der Waals surface area (Å²) in [7, 11) is -0.525. The molecule has 0 fully saturated rings. The summed E-state index contributed by atoms with van der Waals surface area (Å²) in [6, 6.07) is 9.83. The van der Waals surface area contributed by atoms with Gasteiger partial charge in [-0.15, -0.1) is 23.5 Å². The van der Waals surface area contributed by atoms with Gasteiger partial charge >= 0.3 is 20.1 Å². The molecular weight excluding hydrogens is 554 g/mol.